The first-order valence-corrected chi connectivity index (χ1v) is 15.0. The first-order valence-electron chi connectivity index (χ1n) is 15.0. The molecule has 1 unspecified atom stereocenters. The molecule has 44 heavy (non-hydrogen) atoms. The van der Waals surface area contributed by atoms with Gasteiger partial charge in [0.2, 0.25) is 5.91 Å². The van der Waals surface area contributed by atoms with Crippen molar-refractivity contribution in [1.29, 1.82) is 0 Å². The van der Waals surface area contributed by atoms with Gasteiger partial charge < -0.3 is 19.7 Å². The van der Waals surface area contributed by atoms with Gasteiger partial charge in [0.15, 0.2) is 5.78 Å². The molecule has 7 nitrogen and oxygen atoms in total. The summed E-state index contributed by atoms with van der Waals surface area (Å²) in [6, 6.07) is 31.2. The summed E-state index contributed by atoms with van der Waals surface area (Å²) >= 11 is 0. The molecule has 0 aliphatic carbocycles. The van der Waals surface area contributed by atoms with Crippen LogP contribution in [0.4, 0.5) is 5.69 Å². The van der Waals surface area contributed by atoms with Crippen LogP contribution in [0.25, 0.3) is 0 Å². The van der Waals surface area contributed by atoms with Gasteiger partial charge >= 0.3 is 5.97 Å². The molecule has 0 heterocycles. The number of aryl methyl sites for hydroxylation is 1. The van der Waals surface area contributed by atoms with E-state index in [0.717, 1.165) is 23.1 Å². The van der Waals surface area contributed by atoms with E-state index in [0.29, 0.717) is 55.1 Å². The Labute approximate surface area is 259 Å². The van der Waals surface area contributed by atoms with Crippen molar-refractivity contribution in [3.8, 4) is 5.75 Å². The third-order valence-electron chi connectivity index (χ3n) is 7.29. The molecule has 0 radical (unpaired) electrons. The number of ketones is 1. The van der Waals surface area contributed by atoms with Gasteiger partial charge in [0.25, 0.3) is 0 Å². The summed E-state index contributed by atoms with van der Waals surface area (Å²) in [5, 5.41) is 3.24. The molecule has 4 aromatic carbocycles. The molecule has 0 aliphatic heterocycles. The first kappa shape index (κ1) is 32.0. The van der Waals surface area contributed by atoms with Crippen molar-refractivity contribution in [3.05, 3.63) is 131 Å². The van der Waals surface area contributed by atoms with Crippen molar-refractivity contribution in [3.63, 3.8) is 0 Å². The number of rotatable bonds is 15. The van der Waals surface area contributed by atoms with Crippen LogP contribution < -0.4 is 10.1 Å². The molecule has 0 bridgehead atoms. The molecule has 1 N–H and O–H groups in total. The van der Waals surface area contributed by atoms with E-state index in [1.165, 1.54) is 7.11 Å². The lowest BCUT2D eigenvalue weighted by Crippen LogP contribution is -2.34. The number of ether oxygens (including phenoxy) is 2. The summed E-state index contributed by atoms with van der Waals surface area (Å²) in [7, 11) is 1.35. The van der Waals surface area contributed by atoms with Crippen molar-refractivity contribution in [1.82, 2.24) is 4.90 Å². The zero-order valence-electron chi connectivity index (χ0n) is 25.6. The van der Waals surface area contributed by atoms with Gasteiger partial charge in [-0.25, -0.2) is 4.79 Å². The van der Waals surface area contributed by atoms with E-state index in [1.54, 1.807) is 30.3 Å². The minimum atomic E-state index is -0.712. The summed E-state index contributed by atoms with van der Waals surface area (Å²) in [5.41, 5.74) is 4.76. The van der Waals surface area contributed by atoms with Crippen LogP contribution in [0.15, 0.2) is 103 Å². The average Bonchev–Trinajstić information content (AvgIpc) is 3.05. The topological polar surface area (TPSA) is 84.9 Å². The van der Waals surface area contributed by atoms with Crippen LogP contribution in [0.1, 0.15) is 52.4 Å². The van der Waals surface area contributed by atoms with Crippen molar-refractivity contribution in [2.75, 3.05) is 25.6 Å². The van der Waals surface area contributed by atoms with Crippen LogP contribution in [0.2, 0.25) is 0 Å². The van der Waals surface area contributed by atoms with E-state index in [1.807, 2.05) is 85.5 Å². The van der Waals surface area contributed by atoms with Crippen LogP contribution in [0.5, 0.6) is 5.75 Å². The summed E-state index contributed by atoms with van der Waals surface area (Å²) in [6.45, 7) is 5.43. The van der Waals surface area contributed by atoms with Gasteiger partial charge in [0.05, 0.1) is 13.7 Å². The third kappa shape index (κ3) is 9.04. The molecule has 0 aromatic heterocycles. The second kappa shape index (κ2) is 16.1. The number of methoxy groups -OCH3 is 1. The minimum Gasteiger partial charge on any atom is -0.492 e. The maximum absolute atomic E-state index is 13.2. The number of nitrogens with zero attached hydrogens (tertiary/aromatic N) is 1. The lowest BCUT2D eigenvalue weighted by Gasteiger charge is -2.23. The number of amides is 1. The molecule has 1 atom stereocenters. The predicted octanol–water partition coefficient (Wildman–Crippen LogP) is 6.63. The zero-order valence-corrected chi connectivity index (χ0v) is 25.6. The Morgan fingerprint density at radius 2 is 1.57 bits per heavy atom. The number of para-hydroxylation sites is 1. The van der Waals surface area contributed by atoms with E-state index in [-0.39, 0.29) is 11.7 Å². The van der Waals surface area contributed by atoms with E-state index in [2.05, 4.69) is 11.4 Å². The normalized spacial score (nSPS) is 11.3. The number of hydrogen-bond donors (Lipinski definition) is 1. The zero-order chi connectivity index (χ0) is 31.3. The molecule has 0 saturated heterocycles. The fraction of sp³-hybridized carbons (Fsp3) is 0.270. The lowest BCUT2D eigenvalue weighted by atomic mass is 10.00. The van der Waals surface area contributed by atoms with Crippen LogP contribution in [-0.2, 0) is 27.3 Å². The van der Waals surface area contributed by atoms with E-state index in [4.69, 9.17) is 9.47 Å². The molecule has 1 amide bonds. The van der Waals surface area contributed by atoms with Crippen LogP contribution in [-0.4, -0.2) is 48.9 Å². The molecule has 228 valence electrons. The second-order valence-electron chi connectivity index (χ2n) is 10.7. The van der Waals surface area contributed by atoms with Gasteiger partial charge in [0.1, 0.15) is 18.4 Å². The number of anilines is 1. The maximum Gasteiger partial charge on any atom is 0.328 e. The molecular formula is C37H40N2O5. The SMILES string of the molecule is CCCC(=O)N(CCOc1ccc(CC(Nc2ccccc2C(=O)c2ccccc2)C(=O)OC)cc1)Cc1cccc(C)c1. The smallest absolute Gasteiger partial charge is 0.328 e. The predicted molar refractivity (Wildman–Crippen MR) is 173 cm³/mol. The summed E-state index contributed by atoms with van der Waals surface area (Å²) in [6.07, 6.45) is 1.64. The van der Waals surface area contributed by atoms with Gasteiger partial charge in [0, 0.05) is 36.2 Å². The van der Waals surface area contributed by atoms with Gasteiger partial charge in [-0.3, -0.25) is 9.59 Å². The van der Waals surface area contributed by atoms with E-state index in [9.17, 15) is 14.4 Å². The monoisotopic (exact) mass is 592 g/mol. The summed E-state index contributed by atoms with van der Waals surface area (Å²) in [4.78, 5) is 40.6. The van der Waals surface area contributed by atoms with Crippen LogP contribution in [0, 0.1) is 6.92 Å². The third-order valence-corrected chi connectivity index (χ3v) is 7.29. The highest BCUT2D eigenvalue weighted by molar-refractivity contribution is 6.12. The van der Waals surface area contributed by atoms with Crippen LogP contribution in [0.3, 0.4) is 0 Å². The quantitative estimate of drug-likeness (QED) is 0.123. The molecule has 0 spiro atoms. The van der Waals surface area contributed by atoms with Crippen LogP contribution >= 0.6 is 0 Å². The van der Waals surface area contributed by atoms with Crippen molar-refractivity contribution in [2.24, 2.45) is 0 Å². The van der Waals surface area contributed by atoms with Gasteiger partial charge in [-0.05, 0) is 48.7 Å². The number of nitrogens with one attached hydrogen (secondary N) is 1. The number of benzene rings is 4. The number of hydrogen-bond acceptors (Lipinski definition) is 6. The summed E-state index contributed by atoms with van der Waals surface area (Å²) in [5.74, 6) is 0.223. The summed E-state index contributed by atoms with van der Waals surface area (Å²) < 4.78 is 11.1. The first-order chi connectivity index (χ1) is 21.4. The Hall–Kier alpha value is -4.91. The Morgan fingerprint density at radius 1 is 0.841 bits per heavy atom. The molecule has 4 rings (SSSR count). The molecular weight excluding hydrogens is 552 g/mol. The minimum absolute atomic E-state index is 0.112. The Balaban J connectivity index is 1.39. The molecule has 0 aliphatic rings. The van der Waals surface area contributed by atoms with Gasteiger partial charge in [-0.1, -0.05) is 91.3 Å². The van der Waals surface area contributed by atoms with Crippen molar-refractivity contribution < 1.29 is 23.9 Å². The average molecular weight is 593 g/mol. The highest BCUT2D eigenvalue weighted by atomic mass is 16.5. The Kier molecular flexibility index (Phi) is 11.7. The maximum atomic E-state index is 13.2. The molecule has 4 aromatic rings. The Bertz CT molecular complexity index is 1540. The highest BCUT2D eigenvalue weighted by Gasteiger charge is 2.23. The molecule has 7 heteroatoms. The fourth-order valence-corrected chi connectivity index (χ4v) is 5.00. The van der Waals surface area contributed by atoms with E-state index >= 15 is 0 Å². The Morgan fingerprint density at radius 3 is 2.27 bits per heavy atom. The van der Waals surface area contributed by atoms with Gasteiger partial charge in [-0.15, -0.1) is 0 Å². The fourth-order valence-electron chi connectivity index (χ4n) is 5.00. The number of carbonyl (C=O) groups excluding carboxylic acids is 3. The molecule has 0 saturated carbocycles. The number of esters is 1. The molecule has 0 fully saturated rings. The van der Waals surface area contributed by atoms with E-state index < -0.39 is 12.0 Å². The highest BCUT2D eigenvalue weighted by Crippen LogP contribution is 2.22. The van der Waals surface area contributed by atoms with Crippen molar-refractivity contribution in [2.45, 2.75) is 45.7 Å². The lowest BCUT2D eigenvalue weighted by molar-refractivity contribution is -0.141. The van der Waals surface area contributed by atoms with Gasteiger partial charge in [-0.2, -0.15) is 0 Å². The standard InChI is InChI=1S/C37H40N2O5/c1-4-11-35(40)39(26-29-13-10-12-27(2)24-29)22-23-44-31-20-18-28(19-21-31)25-34(37(42)43-3)38-33-17-9-8-16-32(33)36(41)30-14-6-5-7-15-30/h5-10,12-21,24,34,38H,4,11,22-23,25-26H2,1-3H3. The second-order valence-corrected chi connectivity index (χ2v) is 10.7. The number of carbonyl (C=O) groups is 3. The van der Waals surface area contributed by atoms with Crippen molar-refractivity contribution >= 4 is 23.3 Å². The largest absolute Gasteiger partial charge is 0.492 e.